The van der Waals surface area contributed by atoms with Crippen LogP contribution < -0.4 is 21.2 Å². The average molecular weight is 1040 g/mol. The first-order valence-corrected chi connectivity index (χ1v) is 19.7. The Bertz CT molecular complexity index is 1150. The van der Waals surface area contributed by atoms with E-state index in [-0.39, 0.29) is 40.2 Å². The maximum absolute atomic E-state index is 2.29. The topological polar surface area (TPSA) is 0 Å². The molecule has 0 aromatic heterocycles. The Hall–Kier alpha value is -0.961. The quantitative estimate of drug-likeness (QED) is 0.169. The van der Waals surface area contributed by atoms with Gasteiger partial charge in [0.25, 0.3) is 0 Å². The molecule has 0 N–H and O–H groups in total. The third kappa shape index (κ3) is 11.5. The Labute approximate surface area is 330 Å². The molecule has 0 nitrogen and oxygen atoms in total. The van der Waals surface area contributed by atoms with Crippen LogP contribution >= 0.6 is 15.8 Å². The van der Waals surface area contributed by atoms with Gasteiger partial charge in [-0.25, -0.2) is 0 Å². The molecule has 0 heterocycles. The number of benzene rings is 4. The SMILES string of the molecule is C[C]1[C](C)[C](C)[C](C)[C]1C.C[C]1[C](C)[C](C)[C](C)[C]1C.[Ir].[Ir].c1ccc(P(CP(c2ccccc2)c2ccccc2)c2ccccc2)cc1. The Balaban J connectivity index is 0.000000313. The first-order valence-electron chi connectivity index (χ1n) is 16.7. The summed E-state index contributed by atoms with van der Waals surface area (Å²) in [6, 6.07) is 44.1. The van der Waals surface area contributed by atoms with E-state index in [1.807, 2.05) is 0 Å². The van der Waals surface area contributed by atoms with Crippen molar-refractivity contribution in [2.75, 3.05) is 5.90 Å². The van der Waals surface area contributed by atoms with E-state index in [0.717, 1.165) is 0 Å². The molecule has 0 aliphatic heterocycles. The van der Waals surface area contributed by atoms with Gasteiger partial charge in [-0.2, -0.15) is 0 Å². The van der Waals surface area contributed by atoms with Gasteiger partial charge in [0.1, 0.15) is 0 Å². The van der Waals surface area contributed by atoms with Gasteiger partial charge in [-0.15, -0.1) is 0 Å². The molecule has 0 saturated heterocycles. The van der Waals surface area contributed by atoms with E-state index in [9.17, 15) is 0 Å². The molecule has 2 fully saturated rings. The second kappa shape index (κ2) is 21.5. The minimum atomic E-state index is -0.409. The molecule has 49 heavy (non-hydrogen) atoms. The zero-order valence-electron chi connectivity index (χ0n) is 30.8. The molecular weight excluding hydrogens is 987 g/mol. The molecule has 0 bridgehead atoms. The van der Waals surface area contributed by atoms with Crippen molar-refractivity contribution in [1.29, 1.82) is 0 Å². The van der Waals surface area contributed by atoms with Crippen LogP contribution in [0, 0.1) is 59.2 Å². The zero-order valence-corrected chi connectivity index (χ0v) is 37.4. The Morgan fingerprint density at radius 3 is 0.551 bits per heavy atom. The molecule has 260 valence electrons. The molecular formula is C45H52Ir2P2. The number of hydrogen-bond donors (Lipinski definition) is 0. The zero-order chi connectivity index (χ0) is 34.1. The summed E-state index contributed by atoms with van der Waals surface area (Å²) < 4.78 is 0. The van der Waals surface area contributed by atoms with Crippen LogP contribution in [0.4, 0.5) is 0 Å². The summed E-state index contributed by atoms with van der Waals surface area (Å²) in [7, 11) is -0.817. The van der Waals surface area contributed by atoms with Crippen molar-refractivity contribution in [2.45, 2.75) is 69.2 Å². The van der Waals surface area contributed by atoms with Crippen molar-refractivity contribution >= 4 is 37.1 Å². The largest absolute Gasteiger partial charge is 0.0622 e. The van der Waals surface area contributed by atoms with Gasteiger partial charge in [0, 0.05) is 46.1 Å². The van der Waals surface area contributed by atoms with E-state index in [1.165, 1.54) is 86.3 Å². The Kier molecular flexibility index (Phi) is 19.4. The second-order valence-corrected chi connectivity index (χ2v) is 17.5. The van der Waals surface area contributed by atoms with E-state index in [4.69, 9.17) is 0 Å². The van der Waals surface area contributed by atoms with Gasteiger partial charge >= 0.3 is 0 Å². The third-order valence-electron chi connectivity index (χ3n) is 10.2. The number of hydrogen-bond acceptors (Lipinski definition) is 0. The molecule has 2 saturated carbocycles. The van der Waals surface area contributed by atoms with Gasteiger partial charge in [0.15, 0.2) is 0 Å². The van der Waals surface area contributed by atoms with E-state index >= 15 is 0 Å². The maximum Gasteiger partial charge on any atom is 0.00405 e. The van der Waals surface area contributed by atoms with Gasteiger partial charge in [-0.05, 0) is 96.2 Å². The van der Waals surface area contributed by atoms with Crippen LogP contribution in [0.3, 0.4) is 0 Å². The van der Waals surface area contributed by atoms with Crippen molar-refractivity contribution in [3.8, 4) is 0 Å². The van der Waals surface area contributed by atoms with Gasteiger partial charge in [0.05, 0.1) is 0 Å². The van der Waals surface area contributed by atoms with Gasteiger partial charge < -0.3 is 0 Å². The summed E-state index contributed by atoms with van der Waals surface area (Å²) in [5.41, 5.74) is 0. The minimum Gasteiger partial charge on any atom is -0.0622 e. The van der Waals surface area contributed by atoms with Crippen LogP contribution in [-0.2, 0) is 40.2 Å². The molecule has 2 aliphatic carbocycles. The molecule has 4 aromatic carbocycles. The number of rotatable bonds is 6. The summed E-state index contributed by atoms with van der Waals surface area (Å²) in [6.07, 6.45) is 0. The molecule has 12 radical (unpaired) electrons. The first kappa shape index (κ1) is 44.2. The fourth-order valence-corrected chi connectivity index (χ4v) is 12.5. The normalized spacial score (nSPS) is 17.7. The maximum atomic E-state index is 2.29. The van der Waals surface area contributed by atoms with Crippen molar-refractivity contribution < 1.29 is 40.2 Å². The van der Waals surface area contributed by atoms with Crippen molar-refractivity contribution in [2.24, 2.45) is 0 Å². The van der Waals surface area contributed by atoms with E-state index in [1.54, 1.807) is 0 Å². The van der Waals surface area contributed by atoms with Crippen LogP contribution in [0.25, 0.3) is 0 Å². The molecule has 2 aliphatic rings. The fourth-order valence-electron chi connectivity index (χ4n) is 6.01. The van der Waals surface area contributed by atoms with Crippen molar-refractivity contribution in [1.82, 2.24) is 0 Å². The summed E-state index contributed by atoms with van der Waals surface area (Å²) in [5, 5.41) is 5.83. The average Bonchev–Trinajstić information content (AvgIpc) is 3.40. The summed E-state index contributed by atoms with van der Waals surface area (Å²) in [6.45, 7) is 22.0. The van der Waals surface area contributed by atoms with Crippen LogP contribution in [0.15, 0.2) is 121 Å². The predicted molar refractivity (Wildman–Crippen MR) is 212 cm³/mol. The predicted octanol–water partition coefficient (Wildman–Crippen LogP) is 11.1. The molecule has 0 unspecified atom stereocenters. The smallest absolute Gasteiger partial charge is 0.00405 e. The molecule has 0 spiro atoms. The van der Waals surface area contributed by atoms with E-state index in [0.29, 0.717) is 0 Å². The van der Waals surface area contributed by atoms with Crippen molar-refractivity contribution in [3.05, 3.63) is 181 Å². The van der Waals surface area contributed by atoms with Crippen LogP contribution in [0.2, 0.25) is 0 Å². The molecule has 4 heteroatoms. The van der Waals surface area contributed by atoms with E-state index in [2.05, 4.69) is 191 Å². The van der Waals surface area contributed by atoms with Gasteiger partial charge in [-0.3, -0.25) is 0 Å². The minimum absolute atomic E-state index is 0. The monoisotopic (exact) mass is 1040 g/mol. The third-order valence-corrected chi connectivity index (χ3v) is 16.1. The Morgan fingerprint density at radius 1 is 0.265 bits per heavy atom. The molecule has 6 rings (SSSR count). The molecule has 0 atom stereocenters. The Morgan fingerprint density at radius 2 is 0.408 bits per heavy atom. The van der Waals surface area contributed by atoms with Gasteiger partial charge in [0.2, 0.25) is 0 Å². The van der Waals surface area contributed by atoms with E-state index < -0.39 is 15.8 Å². The summed E-state index contributed by atoms with van der Waals surface area (Å²) in [4.78, 5) is 0. The van der Waals surface area contributed by atoms with Gasteiger partial charge in [-0.1, -0.05) is 191 Å². The van der Waals surface area contributed by atoms with Crippen molar-refractivity contribution in [3.63, 3.8) is 0 Å². The first-order chi connectivity index (χ1) is 22.5. The van der Waals surface area contributed by atoms with Crippen LogP contribution in [0.5, 0.6) is 0 Å². The summed E-state index contributed by atoms with van der Waals surface area (Å²) in [5.74, 6) is 15.8. The fraction of sp³-hybridized carbons (Fsp3) is 0.244. The molecule has 0 amide bonds. The van der Waals surface area contributed by atoms with Crippen LogP contribution in [-0.4, -0.2) is 5.90 Å². The molecule has 4 aromatic rings. The second-order valence-electron chi connectivity index (χ2n) is 12.6. The standard InChI is InChI=1S/C25H22P2.2C10H15.2Ir/c1-5-13-22(14-6-1)26(23-15-7-2-8-16-23)21-27(24-17-9-3-10-18-24)25-19-11-4-12-20-25;2*1-6-7(2)9(4)10(5)8(6)3;;/h1-20H,21H2;2*1-5H3;;. The van der Waals surface area contributed by atoms with Crippen LogP contribution in [0.1, 0.15) is 69.2 Å². The summed E-state index contributed by atoms with van der Waals surface area (Å²) >= 11 is 0.